The van der Waals surface area contributed by atoms with Gasteiger partial charge in [0.25, 0.3) is 0 Å². The highest BCUT2D eigenvalue weighted by Gasteiger charge is 2.30. The minimum absolute atomic E-state index is 0.447. The maximum absolute atomic E-state index is 5.75. The summed E-state index contributed by atoms with van der Waals surface area (Å²) in [6.07, 6.45) is 5.19. The molecule has 0 amide bonds. The molecule has 3 nitrogen and oxygen atoms in total. The SMILES string of the molecule is CC1(C)CCCC(c2ccccc2-c2cc(N)n[nH]2)C1. The molecule has 1 aromatic carbocycles. The summed E-state index contributed by atoms with van der Waals surface area (Å²) in [5, 5.41) is 7.11. The maximum Gasteiger partial charge on any atom is 0.145 e. The second-order valence-corrected chi connectivity index (χ2v) is 6.75. The number of nitrogens with one attached hydrogen (secondary N) is 1. The zero-order valence-electron chi connectivity index (χ0n) is 12.3. The van der Waals surface area contributed by atoms with Gasteiger partial charge in [0, 0.05) is 11.6 Å². The van der Waals surface area contributed by atoms with Crippen molar-refractivity contribution in [3.63, 3.8) is 0 Å². The van der Waals surface area contributed by atoms with E-state index in [0.717, 1.165) is 5.69 Å². The standard InChI is InChI=1S/C17H23N3/c1-17(2)9-5-6-12(11-17)13-7-3-4-8-14(13)15-10-16(18)20-19-15/h3-4,7-8,10,12H,5-6,9,11H2,1-2H3,(H3,18,19,20). The van der Waals surface area contributed by atoms with E-state index in [2.05, 4.69) is 48.3 Å². The molecule has 1 fully saturated rings. The van der Waals surface area contributed by atoms with Crippen molar-refractivity contribution < 1.29 is 0 Å². The molecular formula is C17H23N3. The predicted octanol–water partition coefficient (Wildman–Crippen LogP) is 4.34. The van der Waals surface area contributed by atoms with Crippen molar-refractivity contribution in [3.05, 3.63) is 35.9 Å². The van der Waals surface area contributed by atoms with E-state index in [-0.39, 0.29) is 0 Å². The first-order valence-corrected chi connectivity index (χ1v) is 7.45. The third-order valence-electron chi connectivity index (χ3n) is 4.49. The lowest BCUT2D eigenvalue weighted by Crippen LogP contribution is -2.21. The lowest BCUT2D eigenvalue weighted by Gasteiger charge is -2.36. The van der Waals surface area contributed by atoms with Crippen molar-refractivity contribution in [3.8, 4) is 11.3 Å². The predicted molar refractivity (Wildman–Crippen MR) is 83.4 cm³/mol. The van der Waals surface area contributed by atoms with Crippen LogP contribution in [-0.2, 0) is 0 Å². The van der Waals surface area contributed by atoms with Gasteiger partial charge < -0.3 is 5.73 Å². The van der Waals surface area contributed by atoms with Gasteiger partial charge in [0.05, 0.1) is 5.69 Å². The van der Waals surface area contributed by atoms with Crippen LogP contribution in [0, 0.1) is 5.41 Å². The lowest BCUT2D eigenvalue weighted by molar-refractivity contribution is 0.220. The molecule has 1 aromatic heterocycles. The normalized spacial score (nSPS) is 21.8. The van der Waals surface area contributed by atoms with Crippen LogP contribution in [0.3, 0.4) is 0 Å². The van der Waals surface area contributed by atoms with E-state index in [1.807, 2.05) is 6.07 Å². The van der Waals surface area contributed by atoms with Crippen LogP contribution in [0.15, 0.2) is 30.3 Å². The summed E-state index contributed by atoms with van der Waals surface area (Å²) in [6.45, 7) is 4.77. The highest BCUT2D eigenvalue weighted by Crippen LogP contribution is 2.45. The largest absolute Gasteiger partial charge is 0.382 e. The number of anilines is 1. The first-order valence-electron chi connectivity index (χ1n) is 7.45. The van der Waals surface area contributed by atoms with Crippen molar-refractivity contribution in [1.82, 2.24) is 10.2 Å². The molecule has 3 heteroatoms. The molecule has 0 spiro atoms. The topological polar surface area (TPSA) is 54.7 Å². The third kappa shape index (κ3) is 2.58. The van der Waals surface area contributed by atoms with Crippen molar-refractivity contribution in [2.45, 2.75) is 45.4 Å². The fourth-order valence-electron chi connectivity index (χ4n) is 3.54. The fourth-order valence-corrected chi connectivity index (χ4v) is 3.54. The Morgan fingerprint density at radius 1 is 1.30 bits per heavy atom. The fraction of sp³-hybridized carbons (Fsp3) is 0.471. The van der Waals surface area contributed by atoms with Crippen LogP contribution in [0.1, 0.15) is 51.0 Å². The Hall–Kier alpha value is -1.77. The average Bonchev–Trinajstić information content (AvgIpc) is 2.84. The van der Waals surface area contributed by atoms with Gasteiger partial charge in [0.2, 0.25) is 0 Å². The van der Waals surface area contributed by atoms with Crippen LogP contribution in [0.2, 0.25) is 0 Å². The first-order chi connectivity index (χ1) is 9.55. The van der Waals surface area contributed by atoms with E-state index < -0.39 is 0 Å². The summed E-state index contributed by atoms with van der Waals surface area (Å²) in [4.78, 5) is 0. The molecule has 106 valence electrons. The molecular weight excluding hydrogens is 246 g/mol. The molecule has 1 heterocycles. The van der Waals surface area contributed by atoms with Gasteiger partial charge >= 0.3 is 0 Å². The number of aromatic amines is 1. The molecule has 1 atom stereocenters. The Labute approximate surface area is 120 Å². The van der Waals surface area contributed by atoms with Gasteiger partial charge in [-0.25, -0.2) is 0 Å². The highest BCUT2D eigenvalue weighted by molar-refractivity contribution is 5.66. The number of hydrogen-bond acceptors (Lipinski definition) is 2. The van der Waals surface area contributed by atoms with Crippen LogP contribution < -0.4 is 5.73 Å². The lowest BCUT2D eigenvalue weighted by atomic mass is 9.69. The van der Waals surface area contributed by atoms with Gasteiger partial charge in [-0.1, -0.05) is 44.5 Å². The van der Waals surface area contributed by atoms with Crippen molar-refractivity contribution >= 4 is 5.82 Å². The van der Waals surface area contributed by atoms with Crippen LogP contribution in [0.25, 0.3) is 11.3 Å². The number of H-pyrrole nitrogens is 1. The zero-order chi connectivity index (χ0) is 14.2. The van der Waals surface area contributed by atoms with E-state index in [1.54, 1.807) is 0 Å². The Kier molecular flexibility index (Phi) is 3.28. The monoisotopic (exact) mass is 269 g/mol. The molecule has 0 radical (unpaired) electrons. The zero-order valence-corrected chi connectivity index (χ0v) is 12.3. The van der Waals surface area contributed by atoms with Gasteiger partial charge in [0.15, 0.2) is 0 Å². The molecule has 0 aliphatic heterocycles. The van der Waals surface area contributed by atoms with E-state index in [1.165, 1.54) is 36.8 Å². The molecule has 3 rings (SSSR count). The molecule has 3 N–H and O–H groups in total. The molecule has 2 aromatic rings. The number of benzene rings is 1. The van der Waals surface area contributed by atoms with E-state index in [4.69, 9.17) is 5.73 Å². The first kappa shape index (κ1) is 13.2. The molecule has 1 aliphatic rings. The van der Waals surface area contributed by atoms with Crippen molar-refractivity contribution in [1.29, 1.82) is 0 Å². The molecule has 1 unspecified atom stereocenters. The summed E-state index contributed by atoms with van der Waals surface area (Å²) in [5.74, 6) is 1.19. The Morgan fingerprint density at radius 2 is 2.10 bits per heavy atom. The highest BCUT2D eigenvalue weighted by atomic mass is 15.2. The van der Waals surface area contributed by atoms with Crippen molar-refractivity contribution in [2.24, 2.45) is 5.41 Å². The van der Waals surface area contributed by atoms with Crippen LogP contribution >= 0.6 is 0 Å². The Balaban J connectivity index is 1.98. The quantitative estimate of drug-likeness (QED) is 0.852. The number of aromatic nitrogens is 2. The number of rotatable bonds is 2. The number of nitrogen functional groups attached to an aromatic ring is 1. The third-order valence-corrected chi connectivity index (χ3v) is 4.49. The van der Waals surface area contributed by atoms with Gasteiger partial charge in [-0.15, -0.1) is 0 Å². The summed E-state index contributed by atoms with van der Waals surface area (Å²) >= 11 is 0. The Morgan fingerprint density at radius 3 is 2.80 bits per heavy atom. The second kappa shape index (κ2) is 4.97. The van der Waals surface area contributed by atoms with E-state index in [9.17, 15) is 0 Å². The average molecular weight is 269 g/mol. The Bertz CT molecular complexity index is 598. The molecule has 0 saturated heterocycles. The van der Waals surface area contributed by atoms with Gasteiger partial charge in [-0.2, -0.15) is 5.10 Å². The number of hydrogen-bond donors (Lipinski definition) is 2. The molecule has 0 bridgehead atoms. The van der Waals surface area contributed by atoms with Gasteiger partial charge in [-0.05, 0) is 36.2 Å². The van der Waals surface area contributed by atoms with Crippen LogP contribution in [0.5, 0.6) is 0 Å². The summed E-state index contributed by atoms with van der Waals surface area (Å²) in [5.41, 5.74) is 9.91. The molecule has 20 heavy (non-hydrogen) atoms. The van der Waals surface area contributed by atoms with Gasteiger partial charge in [0.1, 0.15) is 5.82 Å². The minimum Gasteiger partial charge on any atom is -0.382 e. The minimum atomic E-state index is 0.447. The summed E-state index contributed by atoms with van der Waals surface area (Å²) in [6, 6.07) is 10.6. The molecule has 1 aliphatic carbocycles. The van der Waals surface area contributed by atoms with Crippen LogP contribution in [0.4, 0.5) is 5.82 Å². The smallest absolute Gasteiger partial charge is 0.145 e. The van der Waals surface area contributed by atoms with E-state index in [0.29, 0.717) is 17.2 Å². The van der Waals surface area contributed by atoms with Gasteiger partial charge in [-0.3, -0.25) is 5.10 Å². The van der Waals surface area contributed by atoms with Crippen LogP contribution in [-0.4, -0.2) is 10.2 Å². The summed E-state index contributed by atoms with van der Waals surface area (Å²) in [7, 11) is 0. The number of nitrogens with zero attached hydrogens (tertiary/aromatic N) is 1. The summed E-state index contributed by atoms with van der Waals surface area (Å²) < 4.78 is 0. The maximum atomic E-state index is 5.75. The number of nitrogens with two attached hydrogens (primary N) is 1. The molecule has 1 saturated carbocycles. The van der Waals surface area contributed by atoms with E-state index >= 15 is 0 Å². The second-order valence-electron chi connectivity index (χ2n) is 6.75. The van der Waals surface area contributed by atoms with Crippen molar-refractivity contribution in [2.75, 3.05) is 5.73 Å².